The summed E-state index contributed by atoms with van der Waals surface area (Å²) in [7, 11) is 3.49. The van der Waals surface area contributed by atoms with Gasteiger partial charge in [0.1, 0.15) is 6.04 Å². The molecule has 1 fully saturated rings. The molecule has 2 aliphatic rings. The topological polar surface area (TPSA) is 92.5 Å². The second kappa shape index (κ2) is 6.44. The summed E-state index contributed by atoms with van der Waals surface area (Å²) in [5.74, 6) is 0.485. The Labute approximate surface area is 118 Å². The van der Waals surface area contributed by atoms with Gasteiger partial charge in [-0.05, 0) is 6.42 Å². The maximum Gasteiger partial charge on any atom is 0.254 e. The molecule has 0 radical (unpaired) electrons. The average Bonchev–Trinajstić information content (AvgIpc) is 2.73. The maximum atomic E-state index is 12.1. The fourth-order valence-corrected chi connectivity index (χ4v) is 4.36. The van der Waals surface area contributed by atoms with Crippen LogP contribution in [0.2, 0.25) is 0 Å². The molecule has 104 valence electrons. The standard InChI is InChI=1S/C11H15N3O3S2/c12-5-8(14-9(15)1-2-10(14)16)11(17)13-7-3-4-18-19-6-7/h1-2,7-8H,3-6,12H2,(H,13,17)/t7?,8-/m0/s1. The molecular weight excluding hydrogens is 286 g/mol. The molecule has 1 unspecified atom stereocenters. The molecule has 19 heavy (non-hydrogen) atoms. The summed E-state index contributed by atoms with van der Waals surface area (Å²) >= 11 is 0. The third-order valence-corrected chi connectivity index (χ3v) is 5.45. The summed E-state index contributed by atoms with van der Waals surface area (Å²) in [6, 6.07) is -0.844. The smallest absolute Gasteiger partial charge is 0.254 e. The minimum atomic E-state index is -0.922. The van der Waals surface area contributed by atoms with Crippen molar-refractivity contribution in [3.8, 4) is 0 Å². The zero-order valence-corrected chi connectivity index (χ0v) is 11.8. The second-order valence-electron chi connectivity index (χ2n) is 4.23. The quantitative estimate of drug-likeness (QED) is 0.538. The third-order valence-electron chi connectivity index (χ3n) is 2.93. The van der Waals surface area contributed by atoms with Gasteiger partial charge in [0, 0.05) is 36.2 Å². The molecular formula is C11H15N3O3S2. The molecule has 1 saturated heterocycles. The number of nitrogens with two attached hydrogens (primary N) is 1. The summed E-state index contributed by atoms with van der Waals surface area (Å²) in [4.78, 5) is 36.2. The lowest BCUT2D eigenvalue weighted by Crippen LogP contribution is -2.55. The van der Waals surface area contributed by atoms with Crippen LogP contribution in [0.25, 0.3) is 0 Å². The molecule has 2 rings (SSSR count). The minimum absolute atomic E-state index is 0.0698. The molecule has 0 bridgehead atoms. The van der Waals surface area contributed by atoms with E-state index in [1.54, 1.807) is 21.6 Å². The summed E-state index contributed by atoms with van der Waals surface area (Å²) in [5.41, 5.74) is 5.54. The Balaban J connectivity index is 1.98. The molecule has 3 N–H and O–H groups in total. The van der Waals surface area contributed by atoms with E-state index in [-0.39, 0.29) is 18.5 Å². The highest BCUT2D eigenvalue weighted by Crippen LogP contribution is 2.29. The van der Waals surface area contributed by atoms with Crippen LogP contribution >= 0.6 is 21.6 Å². The van der Waals surface area contributed by atoms with Crippen molar-refractivity contribution in [2.75, 3.05) is 18.1 Å². The zero-order valence-electron chi connectivity index (χ0n) is 10.2. The zero-order chi connectivity index (χ0) is 13.8. The molecule has 2 heterocycles. The number of hydrogen-bond acceptors (Lipinski definition) is 6. The van der Waals surface area contributed by atoms with Crippen LogP contribution < -0.4 is 11.1 Å². The highest BCUT2D eigenvalue weighted by atomic mass is 33.1. The van der Waals surface area contributed by atoms with Crippen molar-refractivity contribution in [3.05, 3.63) is 12.2 Å². The number of carbonyl (C=O) groups excluding carboxylic acids is 3. The normalized spacial score (nSPS) is 24.7. The number of imide groups is 1. The Hall–Kier alpha value is -0.990. The second-order valence-corrected chi connectivity index (χ2v) is 6.86. The molecule has 0 aromatic carbocycles. The van der Waals surface area contributed by atoms with E-state index in [1.807, 2.05) is 0 Å². The summed E-state index contributed by atoms with van der Waals surface area (Å²) in [5, 5.41) is 2.86. The fourth-order valence-electron chi connectivity index (χ4n) is 1.92. The van der Waals surface area contributed by atoms with Crippen LogP contribution in [0.1, 0.15) is 6.42 Å². The van der Waals surface area contributed by atoms with Crippen LogP contribution in [0.15, 0.2) is 12.2 Å². The first-order chi connectivity index (χ1) is 9.13. The third kappa shape index (κ3) is 3.31. The van der Waals surface area contributed by atoms with Crippen molar-refractivity contribution in [3.63, 3.8) is 0 Å². The number of amides is 3. The largest absolute Gasteiger partial charge is 0.351 e. The number of carbonyl (C=O) groups is 3. The maximum absolute atomic E-state index is 12.1. The van der Waals surface area contributed by atoms with Gasteiger partial charge in [-0.2, -0.15) is 0 Å². The van der Waals surface area contributed by atoms with Gasteiger partial charge in [-0.1, -0.05) is 21.6 Å². The van der Waals surface area contributed by atoms with Crippen molar-refractivity contribution < 1.29 is 14.4 Å². The van der Waals surface area contributed by atoms with Crippen LogP contribution in [-0.4, -0.2) is 52.8 Å². The molecule has 0 aliphatic carbocycles. The molecule has 8 heteroatoms. The lowest BCUT2D eigenvalue weighted by Gasteiger charge is -2.28. The monoisotopic (exact) mass is 301 g/mol. The highest BCUT2D eigenvalue weighted by Gasteiger charge is 2.35. The van der Waals surface area contributed by atoms with Crippen LogP contribution in [0.3, 0.4) is 0 Å². The Morgan fingerprint density at radius 1 is 1.42 bits per heavy atom. The Morgan fingerprint density at radius 3 is 2.63 bits per heavy atom. The Kier molecular flexibility index (Phi) is 4.89. The lowest BCUT2D eigenvalue weighted by molar-refractivity contribution is -0.145. The molecule has 0 spiro atoms. The lowest BCUT2D eigenvalue weighted by atomic mass is 10.2. The van der Waals surface area contributed by atoms with Gasteiger partial charge < -0.3 is 11.1 Å². The van der Waals surface area contributed by atoms with Gasteiger partial charge in [-0.15, -0.1) is 0 Å². The van der Waals surface area contributed by atoms with E-state index in [9.17, 15) is 14.4 Å². The van der Waals surface area contributed by atoms with Gasteiger partial charge in [0.25, 0.3) is 11.8 Å². The molecule has 0 aromatic rings. The number of rotatable bonds is 4. The van der Waals surface area contributed by atoms with E-state index in [2.05, 4.69) is 5.32 Å². The minimum Gasteiger partial charge on any atom is -0.351 e. The SMILES string of the molecule is NC[C@@H](C(=O)NC1CCSSC1)N1C(=O)C=CC1=O. The summed E-state index contributed by atoms with van der Waals surface area (Å²) in [6.45, 7) is -0.0698. The number of nitrogens with zero attached hydrogens (tertiary/aromatic N) is 1. The van der Waals surface area contributed by atoms with E-state index in [1.165, 1.54) is 0 Å². The van der Waals surface area contributed by atoms with Crippen molar-refractivity contribution in [2.24, 2.45) is 5.73 Å². The van der Waals surface area contributed by atoms with E-state index in [0.717, 1.165) is 35.0 Å². The van der Waals surface area contributed by atoms with Gasteiger partial charge in [-0.25, -0.2) is 0 Å². The van der Waals surface area contributed by atoms with E-state index >= 15 is 0 Å². The van der Waals surface area contributed by atoms with Gasteiger partial charge in [0.05, 0.1) is 0 Å². The molecule has 3 amide bonds. The van der Waals surface area contributed by atoms with Gasteiger partial charge >= 0.3 is 0 Å². The van der Waals surface area contributed by atoms with Crippen LogP contribution in [0.5, 0.6) is 0 Å². The van der Waals surface area contributed by atoms with Gasteiger partial charge in [-0.3, -0.25) is 19.3 Å². The Bertz CT molecular complexity index is 403. The van der Waals surface area contributed by atoms with E-state index in [0.29, 0.717) is 0 Å². The molecule has 0 saturated carbocycles. The first-order valence-electron chi connectivity index (χ1n) is 5.93. The molecule has 2 atom stereocenters. The highest BCUT2D eigenvalue weighted by molar-refractivity contribution is 8.76. The number of hydrogen-bond donors (Lipinski definition) is 2. The molecule has 0 aromatic heterocycles. The summed E-state index contributed by atoms with van der Waals surface area (Å²) in [6.07, 6.45) is 3.21. The predicted molar refractivity (Wildman–Crippen MR) is 75.3 cm³/mol. The molecule has 2 aliphatic heterocycles. The van der Waals surface area contributed by atoms with Crippen LogP contribution in [0.4, 0.5) is 0 Å². The van der Waals surface area contributed by atoms with Crippen molar-refractivity contribution in [2.45, 2.75) is 18.5 Å². The fraction of sp³-hybridized carbons (Fsp3) is 0.545. The number of nitrogens with one attached hydrogen (secondary N) is 1. The van der Waals surface area contributed by atoms with Crippen molar-refractivity contribution >= 4 is 39.3 Å². The summed E-state index contributed by atoms with van der Waals surface area (Å²) < 4.78 is 0. The van der Waals surface area contributed by atoms with Crippen LogP contribution in [-0.2, 0) is 14.4 Å². The van der Waals surface area contributed by atoms with Gasteiger partial charge in [0.2, 0.25) is 5.91 Å². The van der Waals surface area contributed by atoms with Gasteiger partial charge in [0.15, 0.2) is 0 Å². The van der Waals surface area contributed by atoms with Crippen molar-refractivity contribution in [1.82, 2.24) is 10.2 Å². The first kappa shape index (κ1) is 14.4. The van der Waals surface area contributed by atoms with Crippen molar-refractivity contribution in [1.29, 1.82) is 0 Å². The van der Waals surface area contributed by atoms with E-state index < -0.39 is 17.9 Å². The Morgan fingerprint density at radius 2 is 2.11 bits per heavy atom. The van der Waals surface area contributed by atoms with Crippen LogP contribution in [0, 0.1) is 0 Å². The molecule has 6 nitrogen and oxygen atoms in total. The van der Waals surface area contributed by atoms with E-state index in [4.69, 9.17) is 5.73 Å². The predicted octanol–water partition coefficient (Wildman–Crippen LogP) is -0.491. The average molecular weight is 301 g/mol. The first-order valence-corrected chi connectivity index (χ1v) is 8.42.